The highest BCUT2D eigenvalue weighted by Crippen LogP contribution is 2.00. The van der Waals surface area contributed by atoms with Gasteiger partial charge in [0.15, 0.2) is 0 Å². The predicted octanol–water partition coefficient (Wildman–Crippen LogP) is -0.248. The third kappa shape index (κ3) is 7.46. The Morgan fingerprint density at radius 3 is 2.41 bits per heavy atom. The van der Waals surface area contributed by atoms with E-state index in [1.807, 2.05) is 0 Å². The van der Waals surface area contributed by atoms with Gasteiger partial charge in [0.1, 0.15) is 18.4 Å². The molecule has 17 heavy (non-hydrogen) atoms. The minimum atomic E-state index is -0.807. The van der Waals surface area contributed by atoms with Gasteiger partial charge in [-0.05, 0) is 13.3 Å². The summed E-state index contributed by atoms with van der Waals surface area (Å²) in [6.45, 7) is 3.82. The number of ketones is 1. The molecular formula is C11H20N2O4. The summed E-state index contributed by atoms with van der Waals surface area (Å²) in [7, 11) is 0. The molecule has 0 bridgehead atoms. The highest BCUT2D eigenvalue weighted by atomic mass is 16.5. The molecular weight excluding hydrogens is 224 g/mol. The summed E-state index contributed by atoms with van der Waals surface area (Å²) in [4.78, 5) is 33.5. The van der Waals surface area contributed by atoms with Gasteiger partial charge in [0.05, 0.1) is 0 Å². The Balaban J connectivity index is 4.10. The van der Waals surface area contributed by atoms with E-state index in [0.717, 1.165) is 0 Å². The first-order valence-electron chi connectivity index (χ1n) is 5.69. The van der Waals surface area contributed by atoms with Crippen LogP contribution in [0.15, 0.2) is 0 Å². The maximum atomic E-state index is 11.3. The van der Waals surface area contributed by atoms with Crippen molar-refractivity contribution in [1.29, 1.82) is 0 Å². The second-order valence-corrected chi connectivity index (χ2v) is 3.59. The highest BCUT2D eigenvalue weighted by molar-refractivity contribution is 5.87. The molecule has 0 fully saturated rings. The Morgan fingerprint density at radius 2 is 1.94 bits per heavy atom. The fourth-order valence-electron chi connectivity index (χ4n) is 1.20. The van der Waals surface area contributed by atoms with E-state index in [9.17, 15) is 14.4 Å². The van der Waals surface area contributed by atoms with Crippen molar-refractivity contribution in [2.75, 3.05) is 13.2 Å². The standard InChI is InChI=1S/C11H20N2O4/c1-3-8(14)5-6-9(11(12)16)13-10(15)7-17-4-2/h9H,3-7H2,1-2H3,(H2,12,16)(H,13,15)/t9-/m1/s1. The molecule has 2 amide bonds. The van der Waals surface area contributed by atoms with Crippen molar-refractivity contribution in [1.82, 2.24) is 5.32 Å². The summed E-state index contributed by atoms with van der Waals surface area (Å²) in [6.07, 6.45) is 0.886. The van der Waals surface area contributed by atoms with Crippen LogP contribution < -0.4 is 11.1 Å². The minimum absolute atomic E-state index is 0.0373. The number of Topliss-reactive ketones (excluding diaryl/α,β-unsaturated/α-hetero) is 1. The van der Waals surface area contributed by atoms with Gasteiger partial charge in [-0.1, -0.05) is 6.92 Å². The van der Waals surface area contributed by atoms with E-state index in [2.05, 4.69) is 5.32 Å². The zero-order valence-electron chi connectivity index (χ0n) is 10.3. The van der Waals surface area contributed by atoms with Crippen LogP contribution >= 0.6 is 0 Å². The first kappa shape index (κ1) is 15.6. The zero-order valence-corrected chi connectivity index (χ0v) is 10.3. The number of carbonyl (C=O) groups excluding carboxylic acids is 3. The largest absolute Gasteiger partial charge is 0.372 e. The van der Waals surface area contributed by atoms with Crippen molar-refractivity contribution in [3.05, 3.63) is 0 Å². The fourth-order valence-corrected chi connectivity index (χ4v) is 1.20. The summed E-state index contributed by atoms with van der Waals surface area (Å²) in [6, 6.07) is -0.807. The molecule has 0 aliphatic heterocycles. The number of primary amides is 1. The van der Waals surface area contributed by atoms with E-state index < -0.39 is 17.9 Å². The first-order valence-corrected chi connectivity index (χ1v) is 5.69. The maximum Gasteiger partial charge on any atom is 0.246 e. The third-order valence-corrected chi connectivity index (χ3v) is 2.22. The molecule has 0 aromatic carbocycles. The fraction of sp³-hybridized carbons (Fsp3) is 0.727. The molecule has 1 atom stereocenters. The number of nitrogens with one attached hydrogen (secondary N) is 1. The Kier molecular flexibility index (Phi) is 7.96. The lowest BCUT2D eigenvalue weighted by molar-refractivity contribution is -0.130. The van der Waals surface area contributed by atoms with Crippen LogP contribution in [0.2, 0.25) is 0 Å². The van der Waals surface area contributed by atoms with E-state index in [1.165, 1.54) is 0 Å². The van der Waals surface area contributed by atoms with Crippen LogP contribution in [0.25, 0.3) is 0 Å². The van der Waals surface area contributed by atoms with Crippen molar-refractivity contribution < 1.29 is 19.1 Å². The van der Waals surface area contributed by atoms with Crippen molar-refractivity contribution >= 4 is 17.6 Å². The average molecular weight is 244 g/mol. The van der Waals surface area contributed by atoms with Crippen LogP contribution in [0, 0.1) is 0 Å². The van der Waals surface area contributed by atoms with E-state index in [1.54, 1.807) is 13.8 Å². The van der Waals surface area contributed by atoms with Gasteiger partial charge in [-0.2, -0.15) is 0 Å². The van der Waals surface area contributed by atoms with Crippen LogP contribution in [-0.4, -0.2) is 36.9 Å². The maximum absolute atomic E-state index is 11.3. The molecule has 0 aromatic rings. The van der Waals surface area contributed by atoms with Crippen molar-refractivity contribution in [3.63, 3.8) is 0 Å². The molecule has 0 saturated carbocycles. The molecule has 6 heteroatoms. The van der Waals surface area contributed by atoms with E-state index in [4.69, 9.17) is 10.5 Å². The topological polar surface area (TPSA) is 98.5 Å². The van der Waals surface area contributed by atoms with Crippen LogP contribution in [-0.2, 0) is 19.1 Å². The molecule has 0 spiro atoms. The molecule has 98 valence electrons. The molecule has 0 rings (SSSR count). The van der Waals surface area contributed by atoms with Gasteiger partial charge >= 0.3 is 0 Å². The lowest BCUT2D eigenvalue weighted by Gasteiger charge is -2.14. The molecule has 0 heterocycles. The second-order valence-electron chi connectivity index (χ2n) is 3.59. The van der Waals surface area contributed by atoms with Crippen LogP contribution in [0.5, 0.6) is 0 Å². The van der Waals surface area contributed by atoms with Crippen molar-refractivity contribution in [2.24, 2.45) is 5.73 Å². The Hall–Kier alpha value is -1.43. The first-order chi connectivity index (χ1) is 8.01. The summed E-state index contributed by atoms with van der Waals surface area (Å²) >= 11 is 0. The van der Waals surface area contributed by atoms with Gasteiger partial charge in [-0.25, -0.2) is 0 Å². The number of hydrogen-bond donors (Lipinski definition) is 2. The quantitative estimate of drug-likeness (QED) is 0.584. The highest BCUT2D eigenvalue weighted by Gasteiger charge is 2.18. The summed E-state index contributed by atoms with van der Waals surface area (Å²) in [5.74, 6) is -1.01. The molecule has 0 unspecified atom stereocenters. The third-order valence-electron chi connectivity index (χ3n) is 2.22. The number of hydrogen-bond acceptors (Lipinski definition) is 4. The molecule has 0 aliphatic carbocycles. The van der Waals surface area contributed by atoms with E-state index in [0.29, 0.717) is 13.0 Å². The molecule has 3 N–H and O–H groups in total. The Bertz CT molecular complexity index is 279. The Morgan fingerprint density at radius 1 is 1.29 bits per heavy atom. The lowest BCUT2D eigenvalue weighted by Crippen LogP contribution is -2.45. The van der Waals surface area contributed by atoms with Gasteiger partial charge < -0.3 is 15.8 Å². The van der Waals surface area contributed by atoms with Crippen molar-refractivity contribution in [3.8, 4) is 0 Å². The number of rotatable bonds is 9. The predicted molar refractivity (Wildman–Crippen MR) is 62.2 cm³/mol. The van der Waals surface area contributed by atoms with Gasteiger partial charge in [-0.3, -0.25) is 14.4 Å². The van der Waals surface area contributed by atoms with Crippen LogP contribution in [0.3, 0.4) is 0 Å². The minimum Gasteiger partial charge on any atom is -0.372 e. The lowest BCUT2D eigenvalue weighted by atomic mass is 10.1. The van der Waals surface area contributed by atoms with Gasteiger partial charge in [0, 0.05) is 19.4 Å². The smallest absolute Gasteiger partial charge is 0.246 e. The molecule has 0 aromatic heterocycles. The summed E-state index contributed by atoms with van der Waals surface area (Å²) in [5, 5.41) is 2.44. The van der Waals surface area contributed by atoms with Gasteiger partial charge in [0.25, 0.3) is 0 Å². The molecule has 0 saturated heterocycles. The van der Waals surface area contributed by atoms with Gasteiger partial charge in [-0.15, -0.1) is 0 Å². The molecule has 6 nitrogen and oxygen atoms in total. The monoisotopic (exact) mass is 244 g/mol. The van der Waals surface area contributed by atoms with E-state index >= 15 is 0 Å². The van der Waals surface area contributed by atoms with Crippen LogP contribution in [0.4, 0.5) is 0 Å². The summed E-state index contributed by atoms with van der Waals surface area (Å²) in [5.41, 5.74) is 5.14. The Labute approximate surface area is 101 Å². The number of amides is 2. The molecule has 0 aliphatic rings. The summed E-state index contributed by atoms with van der Waals surface area (Å²) < 4.78 is 4.89. The van der Waals surface area contributed by atoms with Crippen LogP contribution in [0.1, 0.15) is 33.1 Å². The normalized spacial score (nSPS) is 11.9. The number of nitrogens with two attached hydrogens (primary N) is 1. The number of ether oxygens (including phenoxy) is 1. The van der Waals surface area contributed by atoms with Crippen molar-refractivity contribution in [2.45, 2.75) is 39.2 Å². The second kappa shape index (κ2) is 8.69. The molecule has 0 radical (unpaired) electrons. The SMILES string of the molecule is CCOCC(=O)N[C@H](CCC(=O)CC)C(N)=O. The number of carbonyl (C=O) groups is 3. The van der Waals surface area contributed by atoms with Gasteiger partial charge in [0.2, 0.25) is 11.8 Å². The average Bonchev–Trinajstić information content (AvgIpc) is 2.30. The zero-order chi connectivity index (χ0) is 13.3. The van der Waals surface area contributed by atoms with E-state index in [-0.39, 0.29) is 25.2 Å².